The molecule has 5 heteroatoms. The summed E-state index contributed by atoms with van der Waals surface area (Å²) in [6.07, 6.45) is 4.57. The van der Waals surface area contributed by atoms with Crippen LogP contribution in [-0.2, 0) is 21.7 Å². The average Bonchev–Trinajstić information content (AvgIpc) is 3.15. The van der Waals surface area contributed by atoms with Gasteiger partial charge in [0.25, 0.3) is 0 Å². The topological polar surface area (TPSA) is 46.9 Å². The van der Waals surface area contributed by atoms with Gasteiger partial charge in [-0.3, -0.25) is 0 Å². The number of fused-ring (bicyclic) bond motifs is 1. The summed E-state index contributed by atoms with van der Waals surface area (Å²) in [6.45, 7) is 27.2. The van der Waals surface area contributed by atoms with Crippen molar-refractivity contribution in [3.63, 3.8) is 0 Å². The van der Waals surface area contributed by atoms with Crippen molar-refractivity contribution in [1.29, 1.82) is 0 Å². The van der Waals surface area contributed by atoms with Gasteiger partial charge in [0, 0.05) is 11.1 Å². The van der Waals surface area contributed by atoms with E-state index in [4.69, 9.17) is 0 Å². The summed E-state index contributed by atoms with van der Waals surface area (Å²) in [5, 5.41) is 23.5. The molecule has 2 aliphatic rings. The summed E-state index contributed by atoms with van der Waals surface area (Å²) < 4.78 is 0. The van der Waals surface area contributed by atoms with Crippen LogP contribution in [0.15, 0.2) is 24.3 Å². The highest BCUT2D eigenvalue weighted by molar-refractivity contribution is 5.85. The van der Waals surface area contributed by atoms with Crippen molar-refractivity contribution in [2.45, 2.75) is 143 Å². The molecule has 2 aromatic rings. The highest BCUT2D eigenvalue weighted by atomic mass is 35.5. The molecular formula is C35H55ClN2O2. The van der Waals surface area contributed by atoms with E-state index in [0.717, 1.165) is 35.3 Å². The fourth-order valence-electron chi connectivity index (χ4n) is 6.39. The Kier molecular flexibility index (Phi) is 8.63. The Bertz CT molecular complexity index is 1130. The summed E-state index contributed by atoms with van der Waals surface area (Å²) in [6, 6.07) is 9.46. The van der Waals surface area contributed by atoms with Crippen LogP contribution in [-0.4, -0.2) is 29.0 Å². The number of hydrogen-bond donors (Lipinski definition) is 2. The van der Waals surface area contributed by atoms with Crippen molar-refractivity contribution >= 4 is 23.8 Å². The Labute approximate surface area is 250 Å². The summed E-state index contributed by atoms with van der Waals surface area (Å²) >= 11 is 0. The van der Waals surface area contributed by atoms with Crippen LogP contribution in [0.2, 0.25) is 0 Å². The normalized spacial score (nSPS) is 20.4. The van der Waals surface area contributed by atoms with Crippen LogP contribution in [0, 0.1) is 0 Å². The van der Waals surface area contributed by atoms with Gasteiger partial charge < -0.3 is 20.0 Å². The predicted octanol–water partition coefficient (Wildman–Crippen LogP) is 9.30. The third-order valence-corrected chi connectivity index (χ3v) is 8.95. The second-order valence-electron chi connectivity index (χ2n) is 16.3. The van der Waals surface area contributed by atoms with E-state index in [0.29, 0.717) is 30.3 Å². The van der Waals surface area contributed by atoms with E-state index in [1.165, 1.54) is 24.0 Å². The number of anilines is 2. The first-order chi connectivity index (χ1) is 17.7. The van der Waals surface area contributed by atoms with Crippen molar-refractivity contribution in [2.75, 3.05) is 16.5 Å². The number of hydrogen-bond acceptors (Lipinski definition) is 4. The van der Waals surface area contributed by atoms with Gasteiger partial charge in [-0.05, 0) is 57.8 Å². The molecule has 224 valence electrons. The largest absolute Gasteiger partial charge is 0.505 e. The van der Waals surface area contributed by atoms with E-state index in [9.17, 15) is 10.2 Å². The van der Waals surface area contributed by atoms with Gasteiger partial charge in [-0.2, -0.15) is 0 Å². The lowest BCUT2D eigenvalue weighted by Gasteiger charge is -2.36. The molecule has 1 aliphatic heterocycles. The molecule has 1 heterocycles. The fourth-order valence-corrected chi connectivity index (χ4v) is 6.39. The molecule has 40 heavy (non-hydrogen) atoms. The molecule has 4 nitrogen and oxygen atoms in total. The maximum absolute atomic E-state index is 11.8. The van der Waals surface area contributed by atoms with Crippen molar-refractivity contribution in [2.24, 2.45) is 0 Å². The molecule has 1 aliphatic carbocycles. The van der Waals surface area contributed by atoms with E-state index in [-0.39, 0.29) is 34.1 Å². The molecule has 0 bridgehead atoms. The van der Waals surface area contributed by atoms with Gasteiger partial charge in [0.15, 0.2) is 0 Å². The van der Waals surface area contributed by atoms with Crippen LogP contribution in [0.5, 0.6) is 11.5 Å². The van der Waals surface area contributed by atoms with Crippen LogP contribution < -0.4 is 9.80 Å². The molecular weight excluding hydrogens is 516 g/mol. The average molecular weight is 571 g/mol. The van der Waals surface area contributed by atoms with E-state index in [1.807, 2.05) is 0 Å². The molecule has 2 aromatic carbocycles. The number of halogens is 1. The second-order valence-corrected chi connectivity index (χ2v) is 16.3. The Morgan fingerprint density at radius 2 is 0.875 bits per heavy atom. The summed E-state index contributed by atoms with van der Waals surface area (Å²) in [5.74, 6) is 0.814. The molecule has 1 saturated carbocycles. The summed E-state index contributed by atoms with van der Waals surface area (Å²) in [4.78, 5) is 4.90. The van der Waals surface area contributed by atoms with Crippen molar-refractivity contribution < 1.29 is 10.2 Å². The Balaban J connectivity index is 0.00000441. The quantitative estimate of drug-likeness (QED) is 0.377. The molecule has 0 radical (unpaired) electrons. The van der Waals surface area contributed by atoms with Gasteiger partial charge in [-0.15, -0.1) is 12.4 Å². The number of rotatable bonds is 2. The third-order valence-electron chi connectivity index (χ3n) is 8.95. The minimum atomic E-state index is -0.174. The van der Waals surface area contributed by atoms with Crippen LogP contribution in [0.4, 0.5) is 11.4 Å². The van der Waals surface area contributed by atoms with E-state index >= 15 is 0 Å². The van der Waals surface area contributed by atoms with Crippen LogP contribution in [0.3, 0.4) is 0 Å². The number of nitrogens with zero attached hydrogens (tertiary/aromatic N) is 2. The first kappa shape index (κ1) is 32.4. The van der Waals surface area contributed by atoms with E-state index in [2.05, 4.69) is 117 Å². The van der Waals surface area contributed by atoms with Gasteiger partial charge in [-0.25, -0.2) is 0 Å². The summed E-state index contributed by atoms with van der Waals surface area (Å²) in [5.41, 5.74) is 5.97. The zero-order chi connectivity index (χ0) is 29.3. The highest BCUT2D eigenvalue weighted by Gasteiger charge is 2.44. The van der Waals surface area contributed by atoms with Gasteiger partial charge in [0.2, 0.25) is 0 Å². The van der Waals surface area contributed by atoms with E-state index in [1.54, 1.807) is 0 Å². The number of aromatic hydroxyl groups is 2. The predicted molar refractivity (Wildman–Crippen MR) is 174 cm³/mol. The molecule has 4 rings (SSSR count). The number of phenolic OH excluding ortho intramolecular Hbond substituents is 2. The smallest absolute Gasteiger partial charge is 0.142 e. The lowest BCUT2D eigenvalue weighted by atomic mass is 9.79. The molecule has 2 unspecified atom stereocenters. The SMILES string of the molecule is CC(C)(C)c1cc(N2CN(c3cc(C(C)(C)C)cc(C(C)(C)C)c3O)C3CCCCC32)c(O)c(C(C)(C)C)c1.Cl. The van der Waals surface area contributed by atoms with Gasteiger partial charge in [0.05, 0.1) is 30.1 Å². The first-order valence-electron chi connectivity index (χ1n) is 15.0. The molecule has 0 aromatic heterocycles. The van der Waals surface area contributed by atoms with Crippen molar-refractivity contribution in [3.05, 3.63) is 46.5 Å². The maximum atomic E-state index is 11.8. The van der Waals surface area contributed by atoms with Gasteiger partial charge >= 0.3 is 0 Å². The molecule has 1 saturated heterocycles. The molecule has 2 fully saturated rings. The van der Waals surface area contributed by atoms with Crippen molar-refractivity contribution in [3.8, 4) is 11.5 Å². The van der Waals surface area contributed by atoms with Gasteiger partial charge in [-0.1, -0.05) is 108 Å². The minimum Gasteiger partial charge on any atom is -0.505 e. The van der Waals surface area contributed by atoms with Crippen LogP contribution in [0.1, 0.15) is 131 Å². The highest BCUT2D eigenvalue weighted by Crippen LogP contribution is 2.49. The first-order valence-corrected chi connectivity index (χ1v) is 15.0. The van der Waals surface area contributed by atoms with Gasteiger partial charge in [0.1, 0.15) is 11.5 Å². The zero-order valence-corrected chi connectivity index (χ0v) is 28.0. The Morgan fingerprint density at radius 1 is 0.550 bits per heavy atom. The monoisotopic (exact) mass is 570 g/mol. The minimum absolute atomic E-state index is 0. The van der Waals surface area contributed by atoms with E-state index < -0.39 is 0 Å². The number of benzene rings is 2. The lowest BCUT2D eigenvalue weighted by molar-refractivity contribution is 0.399. The lowest BCUT2D eigenvalue weighted by Crippen LogP contribution is -2.40. The standard InChI is InChI=1S/C35H54N2O2.ClH/c1-32(2,3)22-17-24(34(7,8)9)30(38)28(19-22)36-21-37(27-16-14-13-15-26(27)36)29-20-23(33(4,5)6)18-25(31(29)39)35(10,11)12;/h17-20,26-27,38-39H,13-16,21H2,1-12H3;1H. The molecule has 2 N–H and O–H groups in total. The Morgan fingerprint density at radius 3 is 1.15 bits per heavy atom. The number of phenols is 2. The fraction of sp³-hybridized carbons (Fsp3) is 0.657. The zero-order valence-electron chi connectivity index (χ0n) is 27.2. The third kappa shape index (κ3) is 6.08. The summed E-state index contributed by atoms with van der Waals surface area (Å²) in [7, 11) is 0. The Hall–Kier alpha value is -2.07. The maximum Gasteiger partial charge on any atom is 0.142 e. The molecule has 0 amide bonds. The molecule has 2 atom stereocenters. The second kappa shape index (κ2) is 10.6. The van der Waals surface area contributed by atoms with Crippen LogP contribution in [0.25, 0.3) is 0 Å². The van der Waals surface area contributed by atoms with Crippen LogP contribution >= 0.6 is 12.4 Å². The molecule has 0 spiro atoms. The van der Waals surface area contributed by atoms with Crippen molar-refractivity contribution in [1.82, 2.24) is 0 Å².